The zero-order valence-corrected chi connectivity index (χ0v) is 19.8. The van der Waals surface area contributed by atoms with Crippen molar-refractivity contribution in [1.82, 2.24) is 25.9 Å². The van der Waals surface area contributed by atoms with Crippen molar-refractivity contribution in [2.45, 2.75) is 76.7 Å². The van der Waals surface area contributed by atoms with Crippen molar-refractivity contribution >= 4 is 23.7 Å². The second kappa shape index (κ2) is 14.3. The Bertz CT molecular complexity index is 800. The predicted molar refractivity (Wildman–Crippen MR) is 123 cm³/mol. The minimum Gasteiger partial charge on any atom is -0.480 e. The predicted octanol–water partition coefficient (Wildman–Crippen LogP) is -2.02. The SMILES string of the molecule is CC(C)C(NC(=O)C(CCCCN)NC(=O)C(Cc1cnc[nH]1)NC(=O)C(N)C(C)O)C(=O)O. The third-order valence-electron chi connectivity index (χ3n) is 5.24. The summed E-state index contributed by atoms with van der Waals surface area (Å²) in [6, 6.07) is -4.58. The van der Waals surface area contributed by atoms with Gasteiger partial charge < -0.3 is 42.6 Å². The standard InChI is InChI=1S/C21H37N7O6/c1-11(2)17(21(33)34)28-18(30)14(6-4-5-7-22)26-19(31)15(8-13-9-24-10-25-13)27-20(32)16(23)12(3)29/h9-12,14-17,29H,4-8,22-23H2,1-3H3,(H,24,25)(H,26,31)(H,27,32)(H,28,30)(H,33,34). The Balaban J connectivity index is 3.05. The number of rotatable bonds is 15. The number of carboxylic acids is 1. The van der Waals surface area contributed by atoms with Gasteiger partial charge >= 0.3 is 5.97 Å². The Morgan fingerprint density at radius 3 is 2.15 bits per heavy atom. The number of nitrogens with one attached hydrogen (secondary N) is 4. The molecule has 13 heteroatoms. The summed E-state index contributed by atoms with van der Waals surface area (Å²) in [5, 5.41) is 26.6. The van der Waals surface area contributed by atoms with E-state index in [1.807, 2.05) is 0 Å². The lowest BCUT2D eigenvalue weighted by Crippen LogP contribution is -2.59. The molecule has 10 N–H and O–H groups in total. The maximum absolute atomic E-state index is 13.1. The molecule has 5 atom stereocenters. The van der Waals surface area contributed by atoms with Gasteiger partial charge in [-0.3, -0.25) is 14.4 Å². The highest BCUT2D eigenvalue weighted by molar-refractivity contribution is 5.94. The minimum absolute atomic E-state index is 0.0188. The molecule has 1 heterocycles. The van der Waals surface area contributed by atoms with Gasteiger partial charge in [0.25, 0.3) is 0 Å². The van der Waals surface area contributed by atoms with Gasteiger partial charge in [-0.25, -0.2) is 9.78 Å². The number of aromatic amines is 1. The number of hydrogen-bond acceptors (Lipinski definition) is 8. The van der Waals surface area contributed by atoms with Crippen molar-refractivity contribution in [2.75, 3.05) is 6.54 Å². The van der Waals surface area contributed by atoms with E-state index in [-0.39, 0.29) is 18.8 Å². The minimum atomic E-state index is -1.26. The van der Waals surface area contributed by atoms with Crippen LogP contribution in [0.15, 0.2) is 12.5 Å². The van der Waals surface area contributed by atoms with Crippen molar-refractivity contribution in [3.05, 3.63) is 18.2 Å². The van der Waals surface area contributed by atoms with Crippen LogP contribution < -0.4 is 27.4 Å². The lowest BCUT2D eigenvalue weighted by atomic mass is 10.0. The van der Waals surface area contributed by atoms with Crippen molar-refractivity contribution in [3.63, 3.8) is 0 Å². The number of nitrogens with zero attached hydrogens (tertiary/aromatic N) is 1. The summed E-state index contributed by atoms with van der Waals surface area (Å²) in [4.78, 5) is 56.6. The normalized spacial score (nSPS) is 15.6. The van der Waals surface area contributed by atoms with Gasteiger partial charge in [-0.15, -0.1) is 0 Å². The molecule has 5 unspecified atom stereocenters. The van der Waals surface area contributed by atoms with Crippen LogP contribution in [0, 0.1) is 5.92 Å². The van der Waals surface area contributed by atoms with Gasteiger partial charge in [0, 0.05) is 18.3 Å². The van der Waals surface area contributed by atoms with Gasteiger partial charge in [-0.05, 0) is 38.6 Å². The Kier molecular flexibility index (Phi) is 12.2. The van der Waals surface area contributed by atoms with Gasteiger partial charge in [0.2, 0.25) is 17.7 Å². The number of unbranched alkanes of at least 4 members (excludes halogenated alkanes) is 1. The summed E-state index contributed by atoms with van der Waals surface area (Å²) in [5.41, 5.74) is 11.7. The lowest BCUT2D eigenvalue weighted by Gasteiger charge is -2.26. The Hall–Kier alpha value is -3.03. The fourth-order valence-electron chi connectivity index (χ4n) is 3.11. The first-order chi connectivity index (χ1) is 16.0. The average Bonchev–Trinajstić information content (AvgIpc) is 3.28. The number of amides is 3. The number of carbonyl (C=O) groups is 4. The molecule has 0 saturated heterocycles. The van der Waals surface area contributed by atoms with E-state index in [1.165, 1.54) is 19.4 Å². The fraction of sp³-hybridized carbons (Fsp3) is 0.667. The molecule has 0 aliphatic heterocycles. The second-order valence-electron chi connectivity index (χ2n) is 8.52. The van der Waals surface area contributed by atoms with E-state index in [0.717, 1.165) is 0 Å². The topological polar surface area (TPSA) is 226 Å². The van der Waals surface area contributed by atoms with Gasteiger partial charge in [0.05, 0.1) is 12.4 Å². The molecule has 0 saturated carbocycles. The molecule has 3 amide bonds. The van der Waals surface area contributed by atoms with Crippen LogP contribution in [0.1, 0.15) is 45.7 Å². The quantitative estimate of drug-likeness (QED) is 0.129. The third-order valence-corrected chi connectivity index (χ3v) is 5.24. The first kappa shape index (κ1) is 29.0. The number of hydrogen-bond donors (Lipinski definition) is 8. The van der Waals surface area contributed by atoms with E-state index in [1.54, 1.807) is 13.8 Å². The molecule has 34 heavy (non-hydrogen) atoms. The number of carboxylic acid groups (broad SMARTS) is 1. The average molecular weight is 484 g/mol. The Morgan fingerprint density at radius 1 is 1.03 bits per heavy atom. The number of nitrogens with two attached hydrogens (primary N) is 2. The maximum atomic E-state index is 13.1. The summed E-state index contributed by atoms with van der Waals surface area (Å²) < 4.78 is 0. The maximum Gasteiger partial charge on any atom is 0.326 e. The highest BCUT2D eigenvalue weighted by Gasteiger charge is 2.32. The van der Waals surface area contributed by atoms with Crippen LogP contribution in [0.5, 0.6) is 0 Å². The van der Waals surface area contributed by atoms with Crippen LogP contribution in [-0.4, -0.2) is 80.7 Å². The molecular weight excluding hydrogens is 446 g/mol. The van der Waals surface area contributed by atoms with Crippen molar-refractivity contribution < 1.29 is 29.4 Å². The largest absolute Gasteiger partial charge is 0.480 e. The molecule has 0 fully saturated rings. The van der Waals surface area contributed by atoms with E-state index in [2.05, 4.69) is 25.9 Å². The molecule has 1 aromatic rings. The third kappa shape index (κ3) is 9.45. The molecule has 192 valence electrons. The highest BCUT2D eigenvalue weighted by Crippen LogP contribution is 2.07. The molecule has 1 rings (SSSR count). The number of aromatic nitrogens is 2. The zero-order chi connectivity index (χ0) is 25.8. The van der Waals surface area contributed by atoms with Crippen LogP contribution in [0.3, 0.4) is 0 Å². The molecule has 0 bridgehead atoms. The molecule has 1 aromatic heterocycles. The van der Waals surface area contributed by atoms with E-state index < -0.39 is 54.0 Å². The van der Waals surface area contributed by atoms with E-state index in [4.69, 9.17) is 11.5 Å². The first-order valence-electron chi connectivity index (χ1n) is 11.2. The lowest BCUT2D eigenvalue weighted by molar-refractivity contribution is -0.143. The summed E-state index contributed by atoms with van der Waals surface area (Å²) in [6.07, 6.45) is 3.10. The molecule has 13 nitrogen and oxygen atoms in total. The first-order valence-corrected chi connectivity index (χ1v) is 11.2. The van der Waals surface area contributed by atoms with Crippen LogP contribution >= 0.6 is 0 Å². The molecule has 0 radical (unpaired) electrons. The van der Waals surface area contributed by atoms with Crippen molar-refractivity contribution in [3.8, 4) is 0 Å². The number of aliphatic hydroxyl groups excluding tert-OH is 1. The van der Waals surface area contributed by atoms with Crippen LogP contribution in [0.2, 0.25) is 0 Å². The number of carbonyl (C=O) groups excluding carboxylic acids is 3. The van der Waals surface area contributed by atoms with Crippen LogP contribution in [0.4, 0.5) is 0 Å². The van der Waals surface area contributed by atoms with E-state index >= 15 is 0 Å². The fourth-order valence-corrected chi connectivity index (χ4v) is 3.11. The zero-order valence-electron chi connectivity index (χ0n) is 19.8. The summed E-state index contributed by atoms with van der Waals surface area (Å²) in [6.45, 7) is 5.05. The van der Waals surface area contributed by atoms with Crippen LogP contribution in [-0.2, 0) is 25.6 Å². The smallest absolute Gasteiger partial charge is 0.326 e. The summed E-state index contributed by atoms with van der Waals surface area (Å²) >= 11 is 0. The Morgan fingerprint density at radius 2 is 1.65 bits per heavy atom. The highest BCUT2D eigenvalue weighted by atomic mass is 16.4. The van der Waals surface area contributed by atoms with Gasteiger partial charge in [-0.2, -0.15) is 0 Å². The van der Waals surface area contributed by atoms with Crippen molar-refractivity contribution in [2.24, 2.45) is 17.4 Å². The Labute approximate surface area is 198 Å². The van der Waals surface area contributed by atoms with Gasteiger partial charge in [0.1, 0.15) is 24.2 Å². The molecular formula is C21H37N7O6. The van der Waals surface area contributed by atoms with Gasteiger partial charge in [-0.1, -0.05) is 13.8 Å². The van der Waals surface area contributed by atoms with E-state index in [9.17, 15) is 29.4 Å². The number of H-pyrrole nitrogens is 1. The van der Waals surface area contributed by atoms with Crippen molar-refractivity contribution in [1.29, 1.82) is 0 Å². The van der Waals surface area contributed by atoms with Gasteiger partial charge in [0.15, 0.2) is 0 Å². The molecule has 0 spiro atoms. The number of imidazole rings is 1. The second-order valence-corrected chi connectivity index (χ2v) is 8.52. The number of aliphatic carboxylic acids is 1. The number of aliphatic hydroxyl groups is 1. The van der Waals surface area contributed by atoms with Crippen LogP contribution in [0.25, 0.3) is 0 Å². The molecule has 0 aliphatic carbocycles. The summed E-state index contributed by atoms with van der Waals surface area (Å²) in [7, 11) is 0. The summed E-state index contributed by atoms with van der Waals surface area (Å²) in [5.74, 6) is -3.64. The molecule has 0 aromatic carbocycles. The molecule has 0 aliphatic rings. The monoisotopic (exact) mass is 483 g/mol. The van der Waals surface area contributed by atoms with E-state index in [0.29, 0.717) is 25.1 Å².